The van der Waals surface area contributed by atoms with E-state index in [1.165, 1.54) is 14.2 Å². The molecule has 0 radical (unpaired) electrons. The van der Waals surface area contributed by atoms with Gasteiger partial charge in [0.05, 0.1) is 7.11 Å². The lowest BCUT2D eigenvalue weighted by molar-refractivity contribution is -0.146. The first-order valence-corrected chi connectivity index (χ1v) is 12.0. The monoisotopic (exact) mass is 389 g/mol. The average molecular weight is 390 g/mol. The van der Waals surface area contributed by atoms with E-state index in [1.807, 2.05) is 18.2 Å². The number of rotatable bonds is 6. The summed E-state index contributed by atoms with van der Waals surface area (Å²) in [7, 11) is 0.971. The van der Waals surface area contributed by atoms with Crippen LogP contribution in [0.4, 0.5) is 0 Å². The van der Waals surface area contributed by atoms with E-state index in [0.29, 0.717) is 5.56 Å². The van der Waals surface area contributed by atoms with Crippen LogP contribution < -0.4 is 5.32 Å². The maximum absolute atomic E-state index is 12.6. The molecule has 0 aliphatic carbocycles. The van der Waals surface area contributed by atoms with Gasteiger partial charge in [0.15, 0.2) is 6.10 Å². The van der Waals surface area contributed by atoms with Gasteiger partial charge in [0.1, 0.15) is 14.1 Å². The van der Waals surface area contributed by atoms with Crippen molar-refractivity contribution in [1.29, 1.82) is 0 Å². The third kappa shape index (κ3) is 6.53. The second kappa shape index (κ2) is 9.72. The predicted octanol–water partition coefficient (Wildman–Crippen LogP) is 3.47. The van der Waals surface area contributed by atoms with E-state index in [9.17, 15) is 9.59 Å². The minimum Gasteiger partial charge on any atom is -0.467 e. The van der Waals surface area contributed by atoms with Crippen LogP contribution in [0.15, 0.2) is 30.3 Å². The van der Waals surface area contributed by atoms with Crippen LogP contribution in [-0.4, -0.2) is 40.2 Å². The van der Waals surface area contributed by atoms with Crippen molar-refractivity contribution in [3.05, 3.63) is 35.9 Å². The quantitative estimate of drug-likeness (QED) is 0.460. The fourth-order valence-electron chi connectivity index (χ4n) is 2.17. The minimum atomic E-state index is -1.79. The third-order valence-corrected chi connectivity index (χ3v) is 9.51. The fourth-order valence-corrected chi connectivity index (χ4v) is 3.09. The highest BCUT2D eigenvalue weighted by atomic mass is 28.3. The highest BCUT2D eigenvalue weighted by Gasteiger charge is 2.34. The van der Waals surface area contributed by atoms with Crippen molar-refractivity contribution in [3.63, 3.8) is 0 Å². The number of carbonyl (C=O) groups is 2. The molecule has 1 N–H and O–H groups in total. The molecule has 0 heterocycles. The lowest BCUT2D eigenvalue weighted by atomic mass is 10.1. The number of carbonyl (C=O) groups excluding carboxylic acids is 2. The number of methoxy groups -OCH3 is 2. The molecule has 0 saturated carbocycles. The van der Waals surface area contributed by atoms with Crippen LogP contribution in [0, 0.1) is 11.5 Å². The van der Waals surface area contributed by atoms with Gasteiger partial charge in [-0.15, -0.1) is 11.5 Å². The van der Waals surface area contributed by atoms with Crippen LogP contribution in [0.2, 0.25) is 18.1 Å². The molecule has 0 fully saturated rings. The van der Waals surface area contributed by atoms with Gasteiger partial charge in [-0.2, -0.15) is 0 Å². The van der Waals surface area contributed by atoms with Gasteiger partial charge in [-0.25, -0.2) is 4.79 Å². The minimum absolute atomic E-state index is 0.123. The first kappa shape index (κ1) is 22.9. The largest absolute Gasteiger partial charge is 0.467 e. The molecule has 0 unspecified atom stereocenters. The summed E-state index contributed by atoms with van der Waals surface area (Å²) in [4.78, 5) is 24.8. The molecular weight excluding hydrogens is 358 g/mol. The molecule has 0 saturated heterocycles. The van der Waals surface area contributed by atoms with Crippen LogP contribution >= 0.6 is 0 Å². The van der Waals surface area contributed by atoms with Gasteiger partial charge in [-0.3, -0.25) is 4.79 Å². The van der Waals surface area contributed by atoms with Crippen LogP contribution in [0.3, 0.4) is 0 Å². The van der Waals surface area contributed by atoms with Crippen LogP contribution in [0.25, 0.3) is 0 Å². The van der Waals surface area contributed by atoms with Gasteiger partial charge < -0.3 is 14.8 Å². The number of nitrogens with one attached hydrogen (secondary N) is 1. The number of hydrogen-bond donors (Lipinski definition) is 1. The van der Waals surface area contributed by atoms with E-state index in [-0.39, 0.29) is 11.5 Å². The number of hydrogen-bond acceptors (Lipinski definition) is 4. The highest BCUT2D eigenvalue weighted by molar-refractivity contribution is 6.87. The Hall–Kier alpha value is -2.10. The van der Waals surface area contributed by atoms with Crippen LogP contribution in [0.1, 0.15) is 38.9 Å². The summed E-state index contributed by atoms with van der Waals surface area (Å²) in [6.07, 6.45) is -0.595. The van der Waals surface area contributed by atoms with Crippen molar-refractivity contribution in [2.24, 2.45) is 0 Å². The molecule has 1 rings (SSSR count). The summed E-state index contributed by atoms with van der Waals surface area (Å²) in [6.45, 7) is 10.9. The molecule has 0 spiro atoms. The Kier molecular flexibility index (Phi) is 8.26. The van der Waals surface area contributed by atoms with Crippen molar-refractivity contribution >= 4 is 20.0 Å². The molecule has 148 valence electrons. The summed E-state index contributed by atoms with van der Waals surface area (Å²) >= 11 is 0. The van der Waals surface area contributed by atoms with E-state index in [0.717, 1.165) is 0 Å². The lowest BCUT2D eigenvalue weighted by Gasteiger charge is -2.31. The van der Waals surface area contributed by atoms with Gasteiger partial charge in [0.2, 0.25) is 0 Å². The number of ether oxygens (including phenoxy) is 2. The fraction of sp³-hybridized carbons (Fsp3) is 0.524. The van der Waals surface area contributed by atoms with E-state index in [2.05, 4.69) is 50.6 Å². The number of amides is 1. The summed E-state index contributed by atoms with van der Waals surface area (Å²) in [6, 6.07) is 8.30. The molecule has 0 aliphatic heterocycles. The van der Waals surface area contributed by atoms with E-state index >= 15 is 0 Å². The molecule has 6 heteroatoms. The Morgan fingerprint density at radius 2 is 1.74 bits per heavy atom. The average Bonchev–Trinajstić information content (AvgIpc) is 2.60. The van der Waals surface area contributed by atoms with Crippen LogP contribution in [0.5, 0.6) is 0 Å². The molecular formula is C21H31NO4Si. The van der Waals surface area contributed by atoms with E-state index in [1.54, 1.807) is 12.1 Å². The summed E-state index contributed by atoms with van der Waals surface area (Å²) in [5.41, 5.74) is 4.07. The van der Waals surface area contributed by atoms with Crippen molar-refractivity contribution in [2.45, 2.75) is 57.5 Å². The van der Waals surface area contributed by atoms with Crippen LogP contribution in [-0.2, 0) is 19.1 Å². The normalized spacial score (nSPS) is 13.7. The van der Waals surface area contributed by atoms with Crippen molar-refractivity contribution in [2.75, 3.05) is 14.2 Å². The molecule has 5 nitrogen and oxygen atoms in total. The maximum atomic E-state index is 12.6. The topological polar surface area (TPSA) is 64.6 Å². The highest BCUT2D eigenvalue weighted by Crippen LogP contribution is 2.35. The lowest BCUT2D eigenvalue weighted by Crippen LogP contribution is -2.44. The first-order valence-electron chi connectivity index (χ1n) is 8.99. The third-order valence-electron chi connectivity index (χ3n) is 4.96. The second-order valence-corrected chi connectivity index (χ2v) is 13.0. The second-order valence-electron chi connectivity index (χ2n) is 7.99. The van der Waals surface area contributed by atoms with Crippen molar-refractivity contribution < 1.29 is 19.1 Å². The Morgan fingerprint density at radius 1 is 1.15 bits per heavy atom. The molecule has 0 aliphatic rings. The Labute approximate surface area is 163 Å². The molecule has 0 aromatic heterocycles. The first-order chi connectivity index (χ1) is 12.5. The molecule has 2 atom stereocenters. The molecule has 1 aromatic rings. The summed E-state index contributed by atoms with van der Waals surface area (Å²) < 4.78 is 10.2. The van der Waals surface area contributed by atoms with E-state index in [4.69, 9.17) is 9.47 Å². The molecule has 0 bridgehead atoms. The molecule has 27 heavy (non-hydrogen) atoms. The smallest absolute Gasteiger partial charge is 0.329 e. The van der Waals surface area contributed by atoms with E-state index < -0.39 is 32.1 Å². The molecule has 1 aromatic carbocycles. The van der Waals surface area contributed by atoms with Gasteiger partial charge in [0, 0.05) is 13.5 Å². The van der Waals surface area contributed by atoms with Crippen molar-refractivity contribution in [3.8, 4) is 11.5 Å². The number of esters is 1. The summed E-state index contributed by atoms with van der Waals surface area (Å²) in [5.74, 6) is 2.19. The summed E-state index contributed by atoms with van der Waals surface area (Å²) in [5, 5.41) is 2.84. The zero-order chi connectivity index (χ0) is 20.7. The maximum Gasteiger partial charge on any atom is 0.329 e. The van der Waals surface area contributed by atoms with Gasteiger partial charge in [-0.1, -0.05) is 64.2 Å². The zero-order valence-corrected chi connectivity index (χ0v) is 18.4. The SMILES string of the molecule is COC(=O)[C@H](CC#C[Si](C)(C)C(C)(C)C)NC(=O)[C@@H](OC)c1ccccc1. The standard InChI is InChI=1S/C21H31NO4Si/c1-21(2,3)27(6,7)15-11-14-17(20(24)26-5)22-19(23)18(25-4)16-12-9-8-10-13-16/h8-10,12-13,17-18H,14H2,1-7H3,(H,22,23)/t17-,18-/m0/s1. The molecule has 1 amide bonds. The zero-order valence-electron chi connectivity index (χ0n) is 17.4. The Morgan fingerprint density at radius 3 is 2.22 bits per heavy atom. The van der Waals surface area contributed by atoms with Gasteiger partial charge in [-0.05, 0) is 10.6 Å². The predicted molar refractivity (Wildman–Crippen MR) is 110 cm³/mol. The van der Waals surface area contributed by atoms with Crippen molar-refractivity contribution in [1.82, 2.24) is 5.32 Å². The van der Waals surface area contributed by atoms with Gasteiger partial charge in [0.25, 0.3) is 5.91 Å². The van der Waals surface area contributed by atoms with Gasteiger partial charge >= 0.3 is 5.97 Å². The Bertz CT molecular complexity index is 698. The number of benzene rings is 1. The Balaban J connectivity index is 2.93.